The van der Waals surface area contributed by atoms with Gasteiger partial charge in [-0.2, -0.15) is 5.10 Å². The predicted octanol–water partition coefficient (Wildman–Crippen LogP) is 3.05. The van der Waals surface area contributed by atoms with Crippen molar-refractivity contribution in [2.75, 3.05) is 5.75 Å². The van der Waals surface area contributed by atoms with Crippen LogP contribution in [0.4, 0.5) is 0 Å². The average molecular weight is 287 g/mol. The van der Waals surface area contributed by atoms with Crippen molar-refractivity contribution in [3.05, 3.63) is 35.9 Å². The number of hydrogen-bond acceptors (Lipinski definition) is 4. The maximum Gasteiger partial charge on any atom is 0.239 e. The van der Waals surface area contributed by atoms with Gasteiger partial charge in [0.25, 0.3) is 0 Å². The molecule has 5 heteroatoms. The molecule has 3 rings (SSSR count). The smallest absolute Gasteiger partial charge is 0.239 e. The van der Waals surface area contributed by atoms with Gasteiger partial charge in [0.15, 0.2) is 5.17 Å². The van der Waals surface area contributed by atoms with Crippen LogP contribution in [0.5, 0.6) is 0 Å². The number of benzene rings is 1. The van der Waals surface area contributed by atoms with Crippen molar-refractivity contribution in [3.63, 3.8) is 0 Å². The molecule has 4 nitrogen and oxygen atoms in total. The van der Waals surface area contributed by atoms with Crippen LogP contribution in [0, 0.1) is 0 Å². The van der Waals surface area contributed by atoms with Gasteiger partial charge in [0.05, 0.1) is 12.3 Å². The molecule has 1 aliphatic heterocycles. The lowest BCUT2D eigenvalue weighted by atomic mass is 10.2. The van der Waals surface area contributed by atoms with E-state index in [0.717, 1.165) is 29.3 Å². The Morgan fingerprint density at radius 1 is 1.10 bits per heavy atom. The summed E-state index contributed by atoms with van der Waals surface area (Å²) in [5.74, 6) is 0.584. The Morgan fingerprint density at radius 2 is 1.85 bits per heavy atom. The minimum Gasteiger partial charge on any atom is -0.285 e. The molecular formula is C15H17N3OS. The zero-order valence-corrected chi connectivity index (χ0v) is 12.1. The third-order valence-electron chi connectivity index (χ3n) is 3.50. The Bertz CT molecular complexity index is 545. The summed E-state index contributed by atoms with van der Waals surface area (Å²) in [6, 6.07) is 10.00. The molecule has 1 saturated carbocycles. The molecule has 2 fully saturated rings. The molecule has 1 aliphatic carbocycles. The Labute approximate surface area is 123 Å². The van der Waals surface area contributed by atoms with E-state index in [9.17, 15) is 4.79 Å². The van der Waals surface area contributed by atoms with E-state index in [4.69, 9.17) is 0 Å². The first-order valence-corrected chi connectivity index (χ1v) is 7.92. The highest BCUT2D eigenvalue weighted by Gasteiger charge is 2.28. The second kappa shape index (κ2) is 6.22. The van der Waals surface area contributed by atoms with Gasteiger partial charge >= 0.3 is 0 Å². The summed E-state index contributed by atoms with van der Waals surface area (Å²) in [5, 5.41) is 9.36. The fourth-order valence-corrected chi connectivity index (χ4v) is 3.22. The zero-order chi connectivity index (χ0) is 13.8. The van der Waals surface area contributed by atoms with Crippen LogP contribution in [0.1, 0.15) is 31.2 Å². The molecule has 1 heterocycles. The van der Waals surface area contributed by atoms with Crippen molar-refractivity contribution in [1.29, 1.82) is 0 Å². The second-order valence-electron chi connectivity index (χ2n) is 5.01. The van der Waals surface area contributed by atoms with Gasteiger partial charge in [-0.05, 0) is 31.2 Å². The van der Waals surface area contributed by atoms with Crippen molar-refractivity contribution in [1.82, 2.24) is 4.90 Å². The summed E-state index contributed by atoms with van der Waals surface area (Å²) in [6.07, 6.45) is 4.52. The van der Waals surface area contributed by atoms with E-state index < -0.39 is 0 Å². The SMILES string of the molecule is O=C1CS/C(=N/N=C2CCCC2)N1Cc1ccccc1. The van der Waals surface area contributed by atoms with Crippen LogP contribution in [0.15, 0.2) is 40.5 Å². The summed E-state index contributed by atoms with van der Waals surface area (Å²) < 4.78 is 0. The Balaban J connectivity index is 1.74. The van der Waals surface area contributed by atoms with Crippen LogP contribution in [-0.4, -0.2) is 27.4 Å². The van der Waals surface area contributed by atoms with E-state index in [2.05, 4.69) is 10.2 Å². The molecule has 1 aromatic rings. The molecular weight excluding hydrogens is 270 g/mol. The van der Waals surface area contributed by atoms with E-state index >= 15 is 0 Å². The van der Waals surface area contributed by atoms with E-state index in [1.165, 1.54) is 24.6 Å². The number of hydrogen-bond donors (Lipinski definition) is 0. The molecule has 104 valence electrons. The highest BCUT2D eigenvalue weighted by molar-refractivity contribution is 8.15. The number of rotatable bonds is 3. The number of carbonyl (C=O) groups excluding carboxylic acids is 1. The van der Waals surface area contributed by atoms with E-state index in [-0.39, 0.29) is 5.91 Å². The average Bonchev–Trinajstić information content (AvgIpc) is 3.10. The van der Waals surface area contributed by atoms with Gasteiger partial charge in [-0.25, -0.2) is 0 Å². The van der Waals surface area contributed by atoms with Gasteiger partial charge in [0, 0.05) is 5.71 Å². The maximum absolute atomic E-state index is 12.0. The van der Waals surface area contributed by atoms with Crippen LogP contribution < -0.4 is 0 Å². The molecule has 1 aromatic carbocycles. The molecule has 0 spiro atoms. The van der Waals surface area contributed by atoms with Gasteiger partial charge in [0.1, 0.15) is 0 Å². The third kappa shape index (κ3) is 3.10. The van der Waals surface area contributed by atoms with Gasteiger partial charge in [-0.1, -0.05) is 42.1 Å². The highest BCUT2D eigenvalue weighted by atomic mass is 32.2. The number of nitrogens with zero attached hydrogens (tertiary/aromatic N) is 3. The number of amidine groups is 1. The first-order chi connectivity index (χ1) is 9.83. The normalized spacial score (nSPS) is 21.0. The summed E-state index contributed by atoms with van der Waals surface area (Å²) in [5.41, 5.74) is 2.28. The molecule has 0 unspecified atom stereocenters. The standard InChI is InChI=1S/C15H17N3OS/c19-14-11-20-15(17-16-13-8-4-5-9-13)18(14)10-12-6-2-1-3-7-12/h1-3,6-7H,4-5,8-11H2/b17-15+. The Hall–Kier alpha value is -1.62. The molecule has 1 saturated heterocycles. The van der Waals surface area contributed by atoms with Gasteiger partial charge in [0.2, 0.25) is 5.91 Å². The van der Waals surface area contributed by atoms with Crippen LogP contribution in [0.25, 0.3) is 0 Å². The minimum atomic E-state index is 0.115. The van der Waals surface area contributed by atoms with Crippen LogP contribution in [-0.2, 0) is 11.3 Å². The molecule has 0 radical (unpaired) electrons. The monoisotopic (exact) mass is 287 g/mol. The summed E-state index contributed by atoms with van der Waals surface area (Å²) in [7, 11) is 0. The van der Waals surface area contributed by atoms with Crippen molar-refractivity contribution < 1.29 is 4.79 Å². The molecule has 0 atom stereocenters. The lowest BCUT2D eigenvalue weighted by molar-refractivity contribution is -0.124. The molecule has 1 amide bonds. The Morgan fingerprint density at radius 3 is 2.60 bits per heavy atom. The third-order valence-corrected chi connectivity index (χ3v) is 4.45. The largest absolute Gasteiger partial charge is 0.285 e. The second-order valence-corrected chi connectivity index (χ2v) is 5.95. The topological polar surface area (TPSA) is 45.0 Å². The molecule has 0 N–H and O–H groups in total. The molecule has 0 bridgehead atoms. The highest BCUT2D eigenvalue weighted by Crippen LogP contribution is 2.22. The fraction of sp³-hybridized carbons (Fsp3) is 0.400. The lowest BCUT2D eigenvalue weighted by Crippen LogP contribution is -2.28. The van der Waals surface area contributed by atoms with Gasteiger partial charge in [-0.15, -0.1) is 5.10 Å². The number of amides is 1. The lowest BCUT2D eigenvalue weighted by Gasteiger charge is -2.15. The van der Waals surface area contributed by atoms with Crippen molar-refractivity contribution in [2.24, 2.45) is 10.2 Å². The Kier molecular flexibility index (Phi) is 4.16. The summed E-state index contributed by atoms with van der Waals surface area (Å²) >= 11 is 1.48. The van der Waals surface area contributed by atoms with Crippen LogP contribution in [0.3, 0.4) is 0 Å². The predicted molar refractivity (Wildman–Crippen MR) is 82.8 cm³/mol. The zero-order valence-electron chi connectivity index (χ0n) is 11.3. The summed E-state index contributed by atoms with van der Waals surface area (Å²) in [6.45, 7) is 0.580. The first kappa shape index (κ1) is 13.4. The van der Waals surface area contributed by atoms with Crippen LogP contribution in [0.2, 0.25) is 0 Å². The molecule has 2 aliphatic rings. The van der Waals surface area contributed by atoms with E-state index in [1.54, 1.807) is 4.90 Å². The van der Waals surface area contributed by atoms with Gasteiger partial charge in [-0.3, -0.25) is 9.69 Å². The van der Waals surface area contributed by atoms with Gasteiger partial charge < -0.3 is 0 Å². The first-order valence-electron chi connectivity index (χ1n) is 6.93. The minimum absolute atomic E-state index is 0.115. The number of thioether (sulfide) groups is 1. The van der Waals surface area contributed by atoms with Crippen LogP contribution >= 0.6 is 11.8 Å². The molecule has 20 heavy (non-hydrogen) atoms. The van der Waals surface area contributed by atoms with Crippen molar-refractivity contribution >= 4 is 28.5 Å². The van der Waals surface area contributed by atoms with Crippen molar-refractivity contribution in [2.45, 2.75) is 32.2 Å². The van der Waals surface area contributed by atoms with E-state index in [0.29, 0.717) is 12.3 Å². The van der Waals surface area contributed by atoms with E-state index in [1.807, 2.05) is 30.3 Å². The quantitative estimate of drug-likeness (QED) is 0.802. The fourth-order valence-electron chi connectivity index (χ4n) is 2.39. The number of carbonyl (C=O) groups is 1. The summed E-state index contributed by atoms with van der Waals surface area (Å²) in [4.78, 5) is 13.7. The van der Waals surface area contributed by atoms with Crippen molar-refractivity contribution in [3.8, 4) is 0 Å². The molecule has 0 aromatic heterocycles. The maximum atomic E-state index is 12.0.